The van der Waals surface area contributed by atoms with Crippen molar-refractivity contribution >= 4 is 23.4 Å². The summed E-state index contributed by atoms with van der Waals surface area (Å²) in [6.07, 6.45) is 7.64. The van der Waals surface area contributed by atoms with E-state index < -0.39 is 0 Å². The molecule has 2 aromatic rings. The maximum absolute atomic E-state index is 12.3. The van der Waals surface area contributed by atoms with Gasteiger partial charge in [0.2, 0.25) is 5.88 Å². The van der Waals surface area contributed by atoms with Crippen LogP contribution >= 0.6 is 11.6 Å². The molecule has 2 N–H and O–H groups in total. The van der Waals surface area contributed by atoms with Gasteiger partial charge in [-0.3, -0.25) is 9.78 Å². The van der Waals surface area contributed by atoms with Crippen LogP contribution in [0.15, 0.2) is 24.7 Å². The number of esters is 1. The zero-order valence-electron chi connectivity index (χ0n) is 16.1. The lowest BCUT2D eigenvalue weighted by Gasteiger charge is -2.22. The van der Waals surface area contributed by atoms with Crippen LogP contribution in [0.4, 0.5) is 5.82 Å². The van der Waals surface area contributed by atoms with Crippen molar-refractivity contribution in [2.75, 3.05) is 38.2 Å². The minimum absolute atomic E-state index is 0.145. The van der Waals surface area contributed by atoms with Crippen LogP contribution in [-0.4, -0.2) is 53.8 Å². The maximum Gasteiger partial charge on any atom is 0.317 e. The van der Waals surface area contributed by atoms with Crippen molar-refractivity contribution in [3.05, 3.63) is 29.7 Å². The second kappa shape index (κ2) is 9.47. The van der Waals surface area contributed by atoms with Crippen LogP contribution in [0.25, 0.3) is 11.3 Å². The van der Waals surface area contributed by atoms with E-state index in [1.165, 1.54) is 6.20 Å². The normalized spacial score (nSPS) is 19.8. The molecule has 2 fully saturated rings. The van der Waals surface area contributed by atoms with E-state index in [2.05, 4.69) is 25.6 Å². The zero-order chi connectivity index (χ0) is 20.1. The van der Waals surface area contributed by atoms with Gasteiger partial charge in [-0.2, -0.15) is 0 Å². The van der Waals surface area contributed by atoms with E-state index in [0.717, 1.165) is 45.6 Å². The number of nitrogens with one attached hydrogen (secondary N) is 2. The summed E-state index contributed by atoms with van der Waals surface area (Å²) in [5.41, 5.74) is 1.21. The third-order valence-electron chi connectivity index (χ3n) is 5.25. The average Bonchev–Trinajstić information content (AvgIpc) is 3.30. The number of ether oxygens (including phenoxy) is 2. The topological polar surface area (TPSA) is 98.3 Å². The highest BCUT2D eigenvalue weighted by atomic mass is 35.5. The first-order valence-corrected chi connectivity index (χ1v) is 10.3. The fourth-order valence-electron chi connectivity index (χ4n) is 3.49. The molecule has 0 aromatic carbocycles. The molecule has 4 rings (SSSR count). The van der Waals surface area contributed by atoms with Crippen LogP contribution < -0.4 is 15.4 Å². The number of halogens is 1. The molecule has 0 saturated carbocycles. The summed E-state index contributed by atoms with van der Waals surface area (Å²) in [6.45, 7) is 3.89. The molecule has 8 nitrogen and oxygen atoms in total. The smallest absolute Gasteiger partial charge is 0.317 e. The highest BCUT2D eigenvalue weighted by Crippen LogP contribution is 2.29. The Kier molecular flexibility index (Phi) is 6.53. The molecular formula is C20H24ClN5O3. The van der Waals surface area contributed by atoms with Crippen LogP contribution in [0.5, 0.6) is 5.88 Å². The lowest BCUT2D eigenvalue weighted by molar-refractivity contribution is -0.138. The number of pyridine rings is 1. The summed E-state index contributed by atoms with van der Waals surface area (Å²) < 4.78 is 10.8. The van der Waals surface area contributed by atoms with E-state index in [-0.39, 0.29) is 17.8 Å². The molecule has 2 aliphatic heterocycles. The molecule has 29 heavy (non-hydrogen) atoms. The van der Waals surface area contributed by atoms with Gasteiger partial charge in [0.1, 0.15) is 5.82 Å². The minimum Gasteiger partial charge on any atom is -0.407 e. The van der Waals surface area contributed by atoms with Crippen molar-refractivity contribution in [1.29, 1.82) is 0 Å². The number of hydrogen-bond acceptors (Lipinski definition) is 8. The summed E-state index contributed by atoms with van der Waals surface area (Å²) in [7, 11) is 0. The molecule has 0 radical (unpaired) electrons. The third kappa shape index (κ3) is 5.20. The minimum atomic E-state index is -0.284. The fourth-order valence-corrected chi connectivity index (χ4v) is 3.69. The van der Waals surface area contributed by atoms with E-state index in [1.54, 1.807) is 18.5 Å². The molecule has 154 valence electrons. The molecule has 0 spiro atoms. The van der Waals surface area contributed by atoms with Crippen LogP contribution in [0, 0.1) is 11.8 Å². The lowest BCUT2D eigenvalue weighted by Crippen LogP contribution is -2.23. The summed E-state index contributed by atoms with van der Waals surface area (Å²) >= 11 is 6.33. The van der Waals surface area contributed by atoms with E-state index in [4.69, 9.17) is 21.1 Å². The van der Waals surface area contributed by atoms with Gasteiger partial charge in [-0.1, -0.05) is 11.6 Å². The predicted octanol–water partition coefficient (Wildman–Crippen LogP) is 2.55. The molecule has 4 heterocycles. The largest absolute Gasteiger partial charge is 0.407 e. The molecule has 1 unspecified atom stereocenters. The molecular weight excluding hydrogens is 394 g/mol. The van der Waals surface area contributed by atoms with Crippen molar-refractivity contribution < 1.29 is 14.3 Å². The lowest BCUT2D eigenvalue weighted by atomic mass is 10.0. The van der Waals surface area contributed by atoms with Gasteiger partial charge in [0.05, 0.1) is 35.2 Å². The number of hydrogen-bond donors (Lipinski definition) is 2. The Labute approximate surface area is 174 Å². The number of carbonyl (C=O) groups is 1. The number of carbonyl (C=O) groups excluding carboxylic acids is 1. The Morgan fingerprint density at radius 1 is 1.28 bits per heavy atom. The Balaban J connectivity index is 1.46. The summed E-state index contributed by atoms with van der Waals surface area (Å²) in [6, 6.07) is 1.63. The molecule has 1 atom stereocenters. The first-order valence-electron chi connectivity index (χ1n) is 9.91. The zero-order valence-corrected chi connectivity index (χ0v) is 16.8. The summed E-state index contributed by atoms with van der Waals surface area (Å²) in [5, 5.41) is 6.92. The van der Waals surface area contributed by atoms with Crippen LogP contribution in [0.3, 0.4) is 0 Å². The van der Waals surface area contributed by atoms with E-state index in [1.807, 2.05) is 0 Å². The van der Waals surface area contributed by atoms with Gasteiger partial charge in [-0.25, -0.2) is 9.97 Å². The fraction of sp³-hybridized carbons (Fsp3) is 0.500. The highest BCUT2D eigenvalue weighted by molar-refractivity contribution is 6.33. The monoisotopic (exact) mass is 417 g/mol. The van der Waals surface area contributed by atoms with Gasteiger partial charge < -0.3 is 20.1 Å². The average molecular weight is 418 g/mol. The quantitative estimate of drug-likeness (QED) is 0.692. The Bertz CT molecular complexity index is 854. The molecule has 2 saturated heterocycles. The van der Waals surface area contributed by atoms with E-state index in [9.17, 15) is 4.79 Å². The molecule has 9 heteroatoms. The van der Waals surface area contributed by atoms with Crippen LogP contribution in [0.1, 0.15) is 19.3 Å². The Morgan fingerprint density at radius 3 is 2.93 bits per heavy atom. The van der Waals surface area contributed by atoms with Crippen molar-refractivity contribution in [2.24, 2.45) is 11.8 Å². The van der Waals surface area contributed by atoms with Gasteiger partial charge in [-0.15, -0.1) is 0 Å². The van der Waals surface area contributed by atoms with Gasteiger partial charge >= 0.3 is 5.97 Å². The van der Waals surface area contributed by atoms with Gasteiger partial charge in [0, 0.05) is 37.9 Å². The second-order valence-corrected chi connectivity index (χ2v) is 7.75. The highest BCUT2D eigenvalue weighted by Gasteiger charge is 2.25. The van der Waals surface area contributed by atoms with Gasteiger partial charge in [0.15, 0.2) is 0 Å². The van der Waals surface area contributed by atoms with Crippen LogP contribution in [-0.2, 0) is 9.53 Å². The van der Waals surface area contributed by atoms with E-state index in [0.29, 0.717) is 34.6 Å². The Morgan fingerprint density at radius 2 is 2.14 bits per heavy atom. The van der Waals surface area contributed by atoms with Crippen molar-refractivity contribution in [1.82, 2.24) is 20.3 Å². The number of anilines is 1. The Hall–Kier alpha value is -2.29. The first-order chi connectivity index (χ1) is 14.2. The summed E-state index contributed by atoms with van der Waals surface area (Å²) in [5.74, 6) is 1.03. The van der Waals surface area contributed by atoms with Crippen molar-refractivity contribution in [2.45, 2.75) is 19.3 Å². The molecule has 2 aliphatic rings. The molecule has 0 bridgehead atoms. The predicted molar refractivity (Wildman–Crippen MR) is 109 cm³/mol. The SMILES string of the molecule is O=C(Oc1cc(-c2cncc(NCC3CCOCC3)n2)c(Cl)cn1)C1CCNC1. The second-order valence-electron chi connectivity index (χ2n) is 7.34. The number of aromatic nitrogens is 3. The van der Waals surface area contributed by atoms with Crippen molar-refractivity contribution in [3.8, 4) is 17.1 Å². The van der Waals surface area contributed by atoms with Crippen LogP contribution in [0.2, 0.25) is 5.02 Å². The molecule has 0 amide bonds. The van der Waals surface area contributed by atoms with Gasteiger partial charge in [-0.05, 0) is 31.7 Å². The number of nitrogens with zero attached hydrogens (tertiary/aromatic N) is 3. The van der Waals surface area contributed by atoms with Gasteiger partial charge in [0.25, 0.3) is 0 Å². The van der Waals surface area contributed by atoms with E-state index >= 15 is 0 Å². The maximum atomic E-state index is 12.3. The standard InChI is InChI=1S/C20H24ClN5O3/c21-16-10-25-19(29-20(27)14-1-4-22-9-14)7-15(16)17-11-23-12-18(26-17)24-8-13-2-5-28-6-3-13/h7,10-14,22H,1-6,8-9H2,(H,24,26). The molecule has 2 aromatic heterocycles. The summed E-state index contributed by atoms with van der Waals surface area (Å²) in [4.78, 5) is 25.3. The molecule has 0 aliphatic carbocycles. The van der Waals surface area contributed by atoms with Crippen molar-refractivity contribution in [3.63, 3.8) is 0 Å². The first kappa shape index (κ1) is 20.0. The number of rotatable bonds is 6. The third-order valence-corrected chi connectivity index (χ3v) is 5.55.